The van der Waals surface area contributed by atoms with Crippen molar-refractivity contribution in [1.82, 2.24) is 5.32 Å². The molecule has 0 fully saturated rings. The Morgan fingerprint density at radius 2 is 1.88 bits per heavy atom. The molecule has 7 heteroatoms. The van der Waals surface area contributed by atoms with E-state index in [9.17, 15) is 4.79 Å². The summed E-state index contributed by atoms with van der Waals surface area (Å²) in [5, 5.41) is 3.38. The van der Waals surface area contributed by atoms with E-state index < -0.39 is 0 Å². The first-order chi connectivity index (χ1) is 16.4. The zero-order valence-corrected chi connectivity index (χ0v) is 20.9. The van der Waals surface area contributed by atoms with Gasteiger partial charge in [-0.3, -0.25) is 4.99 Å². The molecule has 0 amide bonds. The Morgan fingerprint density at radius 3 is 2.50 bits per heavy atom. The van der Waals surface area contributed by atoms with Crippen molar-refractivity contribution in [2.24, 2.45) is 4.99 Å². The van der Waals surface area contributed by atoms with Gasteiger partial charge in [0.25, 0.3) is 0 Å². The topological polar surface area (TPSA) is 60.4 Å². The number of methoxy groups -OCH3 is 1. The summed E-state index contributed by atoms with van der Waals surface area (Å²) < 4.78 is 5.64. The average molecular weight is 464 g/mol. The number of aldehydes is 1. The lowest BCUT2D eigenvalue weighted by atomic mass is 10.1. The van der Waals surface area contributed by atoms with Gasteiger partial charge in [-0.2, -0.15) is 0 Å². The predicted octanol–water partition coefficient (Wildman–Crippen LogP) is 3.74. The van der Waals surface area contributed by atoms with Crippen LogP contribution in [0.3, 0.4) is 0 Å². The molecule has 7 nitrogen and oxygen atoms in total. The number of hydrogen-bond donors (Lipinski definition) is 1. The third kappa shape index (κ3) is 6.84. The molecule has 0 saturated carbocycles. The highest BCUT2D eigenvalue weighted by atomic mass is 16.5. The van der Waals surface area contributed by atoms with Crippen LogP contribution in [0, 0.1) is 0 Å². The van der Waals surface area contributed by atoms with Gasteiger partial charge in [0, 0.05) is 51.3 Å². The van der Waals surface area contributed by atoms with Crippen molar-refractivity contribution in [2.45, 2.75) is 31.8 Å². The molecule has 0 bridgehead atoms. The lowest BCUT2D eigenvalue weighted by molar-refractivity contribution is -0.109. The number of hydrogen-bond acceptors (Lipinski definition) is 7. The van der Waals surface area contributed by atoms with Gasteiger partial charge in [0.1, 0.15) is 12.0 Å². The van der Waals surface area contributed by atoms with Crippen LogP contribution in [0.2, 0.25) is 0 Å². The molecule has 182 valence electrons. The number of anilines is 3. The first-order valence-electron chi connectivity index (χ1n) is 11.8. The van der Waals surface area contributed by atoms with Crippen LogP contribution in [-0.4, -0.2) is 66.1 Å². The first-order valence-corrected chi connectivity index (χ1v) is 11.8. The van der Waals surface area contributed by atoms with Crippen molar-refractivity contribution in [1.29, 1.82) is 0 Å². The summed E-state index contributed by atoms with van der Waals surface area (Å²) in [6.45, 7) is 3.56. The van der Waals surface area contributed by atoms with Gasteiger partial charge in [0.05, 0.1) is 31.2 Å². The van der Waals surface area contributed by atoms with Crippen LogP contribution in [-0.2, 0) is 11.2 Å². The van der Waals surface area contributed by atoms with Gasteiger partial charge in [-0.25, -0.2) is 0 Å². The van der Waals surface area contributed by atoms with Gasteiger partial charge >= 0.3 is 0 Å². The van der Waals surface area contributed by atoms with Crippen LogP contribution < -0.4 is 24.8 Å². The van der Waals surface area contributed by atoms with Gasteiger partial charge in [0.2, 0.25) is 0 Å². The van der Waals surface area contributed by atoms with Crippen LogP contribution in [0.5, 0.6) is 5.75 Å². The highest BCUT2D eigenvalue weighted by molar-refractivity contribution is 5.86. The Hall–Kier alpha value is -3.32. The van der Waals surface area contributed by atoms with E-state index in [1.807, 2.05) is 63.7 Å². The van der Waals surface area contributed by atoms with E-state index in [1.54, 1.807) is 7.11 Å². The SMILES string of the molecule is COc1cc(N(C)CCC(C=O)NCCc2ccc(N(C)C)cc2)ccc1N1C=CC(C)N=C1. The summed E-state index contributed by atoms with van der Waals surface area (Å²) in [7, 11) is 7.78. The average Bonchev–Trinajstić information content (AvgIpc) is 2.86. The van der Waals surface area contributed by atoms with Crippen molar-refractivity contribution in [2.75, 3.05) is 56.0 Å². The molecule has 0 saturated heterocycles. The third-order valence-corrected chi connectivity index (χ3v) is 6.05. The molecular weight excluding hydrogens is 426 g/mol. The van der Waals surface area contributed by atoms with E-state index >= 15 is 0 Å². The van der Waals surface area contributed by atoms with Crippen LogP contribution in [0.15, 0.2) is 59.7 Å². The molecule has 0 spiro atoms. The molecule has 0 radical (unpaired) electrons. The third-order valence-electron chi connectivity index (χ3n) is 6.05. The molecule has 1 aliphatic rings. The molecule has 2 aromatic carbocycles. The minimum absolute atomic E-state index is 0.179. The van der Waals surface area contributed by atoms with Crippen molar-refractivity contribution < 1.29 is 9.53 Å². The number of carbonyl (C=O) groups excluding carboxylic acids is 1. The van der Waals surface area contributed by atoms with E-state index in [-0.39, 0.29) is 12.1 Å². The Kier molecular flexibility index (Phi) is 9.10. The lowest BCUT2D eigenvalue weighted by Gasteiger charge is -2.25. The van der Waals surface area contributed by atoms with Crippen LogP contribution >= 0.6 is 0 Å². The number of ether oxygens (including phenoxy) is 1. The van der Waals surface area contributed by atoms with Gasteiger partial charge in [0.15, 0.2) is 0 Å². The number of benzene rings is 2. The van der Waals surface area contributed by atoms with Crippen LogP contribution in [0.4, 0.5) is 17.1 Å². The zero-order chi connectivity index (χ0) is 24.5. The van der Waals surface area contributed by atoms with Gasteiger partial charge in [-0.05, 0) is 62.2 Å². The quantitative estimate of drug-likeness (QED) is 0.484. The summed E-state index contributed by atoms with van der Waals surface area (Å²) in [6, 6.07) is 14.7. The number of aliphatic imine (C=N–C) groups is 1. The van der Waals surface area contributed by atoms with Crippen LogP contribution in [0.1, 0.15) is 18.9 Å². The molecule has 2 aromatic rings. The predicted molar refractivity (Wildman–Crippen MR) is 143 cm³/mol. The van der Waals surface area contributed by atoms with Crippen molar-refractivity contribution in [3.63, 3.8) is 0 Å². The standard InChI is InChI=1S/C27H37N5O2/c1-21-13-17-32(20-29-21)26-11-10-25(18-27(26)34-5)31(4)16-14-23(19-33)28-15-12-22-6-8-24(9-7-22)30(2)3/h6-11,13,17-21,23,28H,12,14-16H2,1-5H3. The minimum Gasteiger partial charge on any atom is -0.494 e. The fraction of sp³-hybridized carbons (Fsp3) is 0.407. The summed E-state index contributed by atoms with van der Waals surface area (Å²) in [5.41, 5.74) is 4.43. The van der Waals surface area contributed by atoms with E-state index in [1.165, 1.54) is 11.3 Å². The molecule has 1 heterocycles. The molecule has 2 atom stereocenters. The molecule has 34 heavy (non-hydrogen) atoms. The van der Waals surface area contributed by atoms with Crippen molar-refractivity contribution in [3.8, 4) is 5.75 Å². The summed E-state index contributed by atoms with van der Waals surface area (Å²) in [4.78, 5) is 22.3. The molecule has 0 aliphatic carbocycles. The number of rotatable bonds is 12. The van der Waals surface area contributed by atoms with Crippen molar-refractivity contribution >= 4 is 29.7 Å². The maximum atomic E-state index is 11.6. The highest BCUT2D eigenvalue weighted by Crippen LogP contribution is 2.33. The summed E-state index contributed by atoms with van der Waals surface area (Å²) in [5.74, 6) is 0.778. The molecule has 3 rings (SSSR count). The normalized spacial score (nSPS) is 15.8. The highest BCUT2D eigenvalue weighted by Gasteiger charge is 2.15. The van der Waals surface area contributed by atoms with Gasteiger partial charge in [-0.1, -0.05) is 12.1 Å². The second-order valence-corrected chi connectivity index (χ2v) is 8.83. The fourth-order valence-electron chi connectivity index (χ4n) is 3.78. The lowest BCUT2D eigenvalue weighted by Crippen LogP contribution is -2.35. The van der Waals surface area contributed by atoms with E-state index in [0.717, 1.165) is 49.3 Å². The fourth-order valence-corrected chi connectivity index (χ4v) is 3.78. The molecular formula is C27H37N5O2. The Bertz CT molecular complexity index is 973. The van der Waals surface area contributed by atoms with E-state index in [4.69, 9.17) is 4.74 Å². The maximum Gasteiger partial charge on any atom is 0.144 e. The smallest absolute Gasteiger partial charge is 0.144 e. The Labute approximate surface area is 203 Å². The Morgan fingerprint density at radius 1 is 1.15 bits per heavy atom. The van der Waals surface area contributed by atoms with Crippen LogP contribution in [0.25, 0.3) is 0 Å². The first kappa shape index (κ1) is 25.3. The Balaban J connectivity index is 1.51. The minimum atomic E-state index is -0.179. The van der Waals surface area contributed by atoms with E-state index in [0.29, 0.717) is 0 Å². The zero-order valence-electron chi connectivity index (χ0n) is 20.9. The number of carbonyl (C=O) groups is 1. The van der Waals surface area contributed by atoms with Gasteiger partial charge < -0.3 is 29.5 Å². The monoisotopic (exact) mass is 463 g/mol. The molecule has 2 unspecified atom stereocenters. The molecule has 0 aromatic heterocycles. The largest absolute Gasteiger partial charge is 0.494 e. The second kappa shape index (κ2) is 12.2. The van der Waals surface area contributed by atoms with Crippen molar-refractivity contribution in [3.05, 3.63) is 60.3 Å². The maximum absolute atomic E-state index is 11.6. The number of nitrogens with one attached hydrogen (secondary N) is 1. The molecule has 1 N–H and O–H groups in total. The summed E-state index contributed by atoms with van der Waals surface area (Å²) in [6.07, 6.45) is 8.50. The summed E-state index contributed by atoms with van der Waals surface area (Å²) >= 11 is 0. The van der Waals surface area contributed by atoms with E-state index in [2.05, 4.69) is 50.4 Å². The van der Waals surface area contributed by atoms with Gasteiger partial charge in [-0.15, -0.1) is 0 Å². The molecule has 1 aliphatic heterocycles. The second-order valence-electron chi connectivity index (χ2n) is 8.83. The number of nitrogens with zero attached hydrogens (tertiary/aromatic N) is 4.